The van der Waals surface area contributed by atoms with E-state index in [1.807, 2.05) is 13.0 Å². The van der Waals surface area contributed by atoms with Gasteiger partial charge in [-0.15, -0.1) is 0 Å². The third kappa shape index (κ3) is 4.54. The molecule has 0 aromatic carbocycles. The van der Waals surface area contributed by atoms with Crippen molar-refractivity contribution in [1.82, 2.24) is 15.3 Å². The Bertz CT molecular complexity index is 492. The molecule has 0 spiro atoms. The molecule has 1 aliphatic rings. The molecule has 1 N–H and O–H groups in total. The summed E-state index contributed by atoms with van der Waals surface area (Å²) in [6.07, 6.45) is 11.2. The molecule has 1 aliphatic carbocycles. The zero-order valence-electron chi connectivity index (χ0n) is 10.9. The third-order valence-corrected chi connectivity index (χ3v) is 2.67. The number of amides is 1. The fourth-order valence-electron chi connectivity index (χ4n) is 1.64. The van der Waals surface area contributed by atoms with Crippen LogP contribution < -0.4 is 5.32 Å². The van der Waals surface area contributed by atoms with Crippen LogP contribution in [0.3, 0.4) is 0 Å². The lowest BCUT2D eigenvalue weighted by molar-refractivity contribution is 0.155. The maximum absolute atomic E-state index is 11.5. The molecule has 0 aliphatic heterocycles. The number of rotatable bonds is 4. The van der Waals surface area contributed by atoms with Crippen molar-refractivity contribution < 1.29 is 9.53 Å². The number of carbonyl (C=O) groups is 1. The van der Waals surface area contributed by atoms with Crippen LogP contribution in [-0.2, 0) is 11.3 Å². The van der Waals surface area contributed by atoms with E-state index in [1.165, 1.54) is 0 Å². The molecular weight excluding hydrogens is 242 g/mol. The Morgan fingerprint density at radius 3 is 2.84 bits per heavy atom. The fraction of sp³-hybridized carbons (Fsp3) is 0.357. The lowest BCUT2D eigenvalue weighted by Crippen LogP contribution is -2.25. The van der Waals surface area contributed by atoms with E-state index in [-0.39, 0.29) is 6.54 Å². The zero-order valence-corrected chi connectivity index (χ0v) is 10.9. The Hall–Kier alpha value is -2.17. The first-order chi connectivity index (χ1) is 9.24. The highest BCUT2D eigenvalue weighted by atomic mass is 16.5. The minimum absolute atomic E-state index is 0.272. The van der Waals surface area contributed by atoms with E-state index in [0.717, 1.165) is 24.0 Å². The summed E-state index contributed by atoms with van der Waals surface area (Å²) in [5.41, 5.74) is 2.02. The standard InChI is InChI=1S/C14H17N3O2/c1-11-7-15-13(16-8-11)9-17-14(18)19-10-12-5-3-2-4-6-12/h3,5-8H,2,4,9-10H2,1H3,(H,17,18). The minimum Gasteiger partial charge on any atom is -0.445 e. The van der Waals surface area contributed by atoms with E-state index < -0.39 is 6.09 Å². The van der Waals surface area contributed by atoms with E-state index in [1.54, 1.807) is 12.4 Å². The van der Waals surface area contributed by atoms with Crippen LogP contribution in [0.15, 0.2) is 36.2 Å². The van der Waals surface area contributed by atoms with Crippen molar-refractivity contribution in [3.05, 3.63) is 47.6 Å². The quantitative estimate of drug-likeness (QED) is 0.901. The van der Waals surface area contributed by atoms with Crippen LogP contribution in [0.4, 0.5) is 4.79 Å². The molecule has 0 radical (unpaired) electrons. The molecule has 2 rings (SSSR count). The van der Waals surface area contributed by atoms with Gasteiger partial charge in [0.1, 0.15) is 12.4 Å². The highest BCUT2D eigenvalue weighted by Crippen LogP contribution is 2.09. The smallest absolute Gasteiger partial charge is 0.407 e. The van der Waals surface area contributed by atoms with Gasteiger partial charge in [-0.2, -0.15) is 0 Å². The van der Waals surface area contributed by atoms with Gasteiger partial charge in [0.2, 0.25) is 0 Å². The van der Waals surface area contributed by atoms with Gasteiger partial charge >= 0.3 is 6.09 Å². The number of hydrogen-bond acceptors (Lipinski definition) is 4. The average molecular weight is 259 g/mol. The molecule has 1 aromatic heterocycles. The topological polar surface area (TPSA) is 64.1 Å². The molecule has 0 fully saturated rings. The predicted octanol–water partition coefficient (Wildman–Crippen LogP) is 2.29. The molecule has 0 saturated heterocycles. The van der Waals surface area contributed by atoms with Gasteiger partial charge < -0.3 is 10.1 Å². The highest BCUT2D eigenvalue weighted by Gasteiger charge is 2.05. The summed E-state index contributed by atoms with van der Waals surface area (Å²) in [7, 11) is 0. The second kappa shape index (κ2) is 6.68. The van der Waals surface area contributed by atoms with Crippen molar-refractivity contribution in [2.75, 3.05) is 6.61 Å². The molecule has 1 amide bonds. The number of alkyl carbamates (subject to hydrolysis) is 1. The van der Waals surface area contributed by atoms with Crippen LogP contribution >= 0.6 is 0 Å². The summed E-state index contributed by atoms with van der Waals surface area (Å²) in [5.74, 6) is 0.569. The fourth-order valence-corrected chi connectivity index (χ4v) is 1.64. The summed E-state index contributed by atoms with van der Waals surface area (Å²) in [5, 5.41) is 2.62. The van der Waals surface area contributed by atoms with Crippen LogP contribution in [0.25, 0.3) is 0 Å². The van der Waals surface area contributed by atoms with Crippen molar-refractivity contribution in [3.8, 4) is 0 Å². The molecule has 19 heavy (non-hydrogen) atoms. The van der Waals surface area contributed by atoms with Crippen LogP contribution in [0.5, 0.6) is 0 Å². The molecule has 0 saturated carbocycles. The van der Waals surface area contributed by atoms with Gasteiger partial charge in [-0.3, -0.25) is 0 Å². The zero-order chi connectivity index (χ0) is 13.5. The summed E-state index contributed by atoms with van der Waals surface area (Å²) in [4.78, 5) is 19.7. The number of nitrogens with one attached hydrogen (secondary N) is 1. The Balaban J connectivity index is 1.71. The maximum atomic E-state index is 11.5. The molecule has 1 heterocycles. The molecule has 100 valence electrons. The number of ether oxygens (including phenoxy) is 1. The van der Waals surface area contributed by atoms with Crippen LogP contribution in [0.2, 0.25) is 0 Å². The van der Waals surface area contributed by atoms with Crippen LogP contribution in [0.1, 0.15) is 24.2 Å². The lowest BCUT2D eigenvalue weighted by Gasteiger charge is -2.09. The Labute approximate surface area is 112 Å². The third-order valence-electron chi connectivity index (χ3n) is 2.67. The predicted molar refractivity (Wildman–Crippen MR) is 71.4 cm³/mol. The van der Waals surface area contributed by atoms with Gasteiger partial charge in [0.25, 0.3) is 0 Å². The highest BCUT2D eigenvalue weighted by molar-refractivity contribution is 5.67. The Morgan fingerprint density at radius 2 is 2.16 bits per heavy atom. The first-order valence-electron chi connectivity index (χ1n) is 6.28. The van der Waals surface area contributed by atoms with Gasteiger partial charge in [0, 0.05) is 12.4 Å². The van der Waals surface area contributed by atoms with Gasteiger partial charge in [-0.25, -0.2) is 14.8 Å². The van der Waals surface area contributed by atoms with E-state index in [0.29, 0.717) is 12.4 Å². The summed E-state index contributed by atoms with van der Waals surface area (Å²) in [6.45, 7) is 2.49. The van der Waals surface area contributed by atoms with Crippen molar-refractivity contribution in [3.63, 3.8) is 0 Å². The molecular formula is C14H17N3O2. The second-order valence-corrected chi connectivity index (χ2v) is 4.37. The number of aryl methyl sites for hydroxylation is 1. The summed E-state index contributed by atoms with van der Waals surface area (Å²) >= 11 is 0. The molecule has 5 nitrogen and oxygen atoms in total. The summed E-state index contributed by atoms with van der Waals surface area (Å²) in [6, 6.07) is 0. The van der Waals surface area contributed by atoms with Crippen LogP contribution in [0, 0.1) is 6.92 Å². The number of allylic oxidation sites excluding steroid dienone is 2. The summed E-state index contributed by atoms with van der Waals surface area (Å²) < 4.78 is 5.10. The Morgan fingerprint density at radius 1 is 1.37 bits per heavy atom. The SMILES string of the molecule is Cc1cnc(CNC(=O)OCC2=CCCC=C2)nc1. The molecule has 5 heteroatoms. The normalized spacial score (nSPS) is 13.8. The van der Waals surface area contributed by atoms with E-state index in [9.17, 15) is 4.79 Å². The minimum atomic E-state index is -0.455. The molecule has 0 atom stereocenters. The van der Waals surface area contributed by atoms with Gasteiger partial charge in [-0.1, -0.05) is 18.2 Å². The van der Waals surface area contributed by atoms with E-state index in [2.05, 4.69) is 27.4 Å². The first kappa shape index (κ1) is 13.3. The van der Waals surface area contributed by atoms with Gasteiger partial charge in [0.15, 0.2) is 0 Å². The number of nitrogens with zero attached hydrogens (tertiary/aromatic N) is 2. The largest absolute Gasteiger partial charge is 0.445 e. The Kier molecular flexibility index (Phi) is 4.66. The number of aromatic nitrogens is 2. The van der Waals surface area contributed by atoms with E-state index >= 15 is 0 Å². The lowest BCUT2D eigenvalue weighted by atomic mass is 10.1. The molecule has 0 bridgehead atoms. The monoisotopic (exact) mass is 259 g/mol. The van der Waals surface area contributed by atoms with Crippen molar-refractivity contribution in [2.24, 2.45) is 0 Å². The van der Waals surface area contributed by atoms with Gasteiger partial charge in [0.05, 0.1) is 6.54 Å². The van der Waals surface area contributed by atoms with E-state index in [4.69, 9.17) is 4.74 Å². The number of carbonyl (C=O) groups excluding carboxylic acids is 1. The maximum Gasteiger partial charge on any atom is 0.407 e. The molecule has 0 unspecified atom stereocenters. The second-order valence-electron chi connectivity index (χ2n) is 4.37. The van der Waals surface area contributed by atoms with Crippen molar-refractivity contribution in [2.45, 2.75) is 26.3 Å². The first-order valence-corrected chi connectivity index (χ1v) is 6.28. The van der Waals surface area contributed by atoms with Crippen molar-refractivity contribution >= 4 is 6.09 Å². The van der Waals surface area contributed by atoms with Crippen molar-refractivity contribution in [1.29, 1.82) is 0 Å². The van der Waals surface area contributed by atoms with Gasteiger partial charge in [-0.05, 0) is 30.9 Å². The average Bonchev–Trinajstić information content (AvgIpc) is 2.45. The van der Waals surface area contributed by atoms with Crippen LogP contribution in [-0.4, -0.2) is 22.7 Å². The molecule has 1 aromatic rings. The number of hydrogen-bond donors (Lipinski definition) is 1.